The van der Waals surface area contributed by atoms with Crippen molar-refractivity contribution in [3.05, 3.63) is 11.9 Å². The number of anilines is 2. The van der Waals surface area contributed by atoms with Gasteiger partial charge in [0.25, 0.3) is 0 Å². The Hall–Kier alpha value is -1.21. The molecule has 0 fully saturated rings. The van der Waals surface area contributed by atoms with Crippen LogP contribution >= 0.6 is 0 Å². The number of nitrogens with one attached hydrogen (secondary N) is 2. The van der Waals surface area contributed by atoms with Crippen molar-refractivity contribution in [3.8, 4) is 0 Å². The highest BCUT2D eigenvalue weighted by Crippen LogP contribution is 2.11. The molecule has 0 saturated heterocycles. The molecule has 1 atom stereocenters. The molecule has 0 amide bonds. The molecule has 0 spiro atoms. The highest BCUT2D eigenvalue weighted by molar-refractivity contribution is 7.84. The van der Waals surface area contributed by atoms with Gasteiger partial charge in [-0.2, -0.15) is 0 Å². The van der Waals surface area contributed by atoms with Gasteiger partial charge in [0.2, 0.25) is 0 Å². The van der Waals surface area contributed by atoms with Crippen LogP contribution in [0.1, 0.15) is 26.1 Å². The molecule has 1 unspecified atom stereocenters. The van der Waals surface area contributed by atoms with Gasteiger partial charge < -0.3 is 10.7 Å². The van der Waals surface area contributed by atoms with Crippen LogP contribution in [0, 0.1) is 0 Å². The highest BCUT2D eigenvalue weighted by Gasteiger charge is 2.03. The molecule has 1 rings (SSSR count). The van der Waals surface area contributed by atoms with Gasteiger partial charge in [0, 0.05) is 41.3 Å². The van der Waals surface area contributed by atoms with Crippen LogP contribution in [-0.2, 0) is 17.2 Å². The van der Waals surface area contributed by atoms with E-state index in [2.05, 4.69) is 27.6 Å². The average Bonchev–Trinajstić information content (AvgIpc) is 2.38. The largest absolute Gasteiger partial charge is 0.369 e. The summed E-state index contributed by atoms with van der Waals surface area (Å²) in [5, 5.41) is 3.14. The lowest BCUT2D eigenvalue weighted by Crippen LogP contribution is -2.15. The van der Waals surface area contributed by atoms with E-state index in [-0.39, 0.29) is 0 Å². The van der Waals surface area contributed by atoms with Crippen LogP contribution in [0.3, 0.4) is 0 Å². The van der Waals surface area contributed by atoms with Gasteiger partial charge in [-0.1, -0.05) is 13.8 Å². The van der Waals surface area contributed by atoms with E-state index >= 15 is 0 Å². The maximum absolute atomic E-state index is 11.3. The van der Waals surface area contributed by atoms with Crippen molar-refractivity contribution in [1.29, 1.82) is 0 Å². The second-order valence-electron chi connectivity index (χ2n) is 3.81. The zero-order valence-corrected chi connectivity index (χ0v) is 11.7. The summed E-state index contributed by atoms with van der Waals surface area (Å²) < 4.78 is 11.3. The topological polar surface area (TPSA) is 92.9 Å². The number of hydrogen-bond acceptors (Lipinski definition) is 6. The zero-order valence-electron chi connectivity index (χ0n) is 10.9. The molecule has 0 aliphatic rings. The first-order valence-electron chi connectivity index (χ1n) is 6.13. The molecule has 1 aromatic rings. The summed E-state index contributed by atoms with van der Waals surface area (Å²) in [5.41, 5.74) is 2.53. The summed E-state index contributed by atoms with van der Waals surface area (Å²) in [5.74, 6) is 8.73. The van der Waals surface area contributed by atoms with Crippen LogP contribution in [0.4, 0.5) is 11.6 Å². The van der Waals surface area contributed by atoms with Crippen LogP contribution in [0.15, 0.2) is 6.07 Å². The molecule has 0 aliphatic carbocycles. The Morgan fingerprint density at radius 2 is 2.06 bits per heavy atom. The number of nitrogens with zero attached hydrogens (tertiary/aromatic N) is 2. The summed E-state index contributed by atoms with van der Waals surface area (Å²) in [6, 6.07) is 1.74. The predicted molar refractivity (Wildman–Crippen MR) is 75.9 cm³/mol. The molecule has 1 heterocycles. The minimum atomic E-state index is -0.763. The number of nitrogen functional groups attached to an aromatic ring is 1. The van der Waals surface area contributed by atoms with E-state index in [9.17, 15) is 4.21 Å². The summed E-state index contributed by atoms with van der Waals surface area (Å²) in [6.45, 7) is 4.62. The molecule has 0 aromatic carbocycles. The van der Waals surface area contributed by atoms with Crippen LogP contribution in [-0.4, -0.2) is 32.2 Å². The monoisotopic (exact) mass is 271 g/mol. The van der Waals surface area contributed by atoms with Gasteiger partial charge >= 0.3 is 0 Å². The van der Waals surface area contributed by atoms with Crippen molar-refractivity contribution < 1.29 is 4.21 Å². The first kappa shape index (κ1) is 14.8. The Morgan fingerprint density at radius 3 is 2.67 bits per heavy atom. The van der Waals surface area contributed by atoms with E-state index in [4.69, 9.17) is 5.84 Å². The van der Waals surface area contributed by atoms with Crippen LogP contribution in [0.2, 0.25) is 0 Å². The van der Waals surface area contributed by atoms with E-state index in [1.54, 1.807) is 6.07 Å². The standard InChI is InChI=1S/C11H21N5OS/c1-3-5-9-14-10(8-11(15-9)16-12)13-6-7-18(17)4-2/h8H,3-7,12H2,1-2H3,(H2,13,14,15,16). The van der Waals surface area contributed by atoms with Gasteiger partial charge in [0.05, 0.1) is 0 Å². The molecule has 0 bridgehead atoms. The summed E-state index contributed by atoms with van der Waals surface area (Å²) in [6.07, 6.45) is 1.79. The van der Waals surface area contributed by atoms with E-state index in [0.717, 1.165) is 24.5 Å². The Morgan fingerprint density at radius 1 is 1.33 bits per heavy atom. The predicted octanol–water partition coefficient (Wildman–Crippen LogP) is 0.895. The SMILES string of the molecule is CCCc1nc(NN)cc(NCCS(=O)CC)n1. The van der Waals surface area contributed by atoms with Gasteiger partial charge in [-0.05, 0) is 6.42 Å². The number of rotatable bonds is 8. The van der Waals surface area contributed by atoms with Crippen molar-refractivity contribution in [2.45, 2.75) is 26.7 Å². The number of aromatic nitrogens is 2. The minimum absolute atomic E-state index is 0.590. The van der Waals surface area contributed by atoms with E-state index < -0.39 is 10.8 Å². The van der Waals surface area contributed by atoms with E-state index in [1.165, 1.54) is 0 Å². The Kier molecular flexibility index (Phi) is 6.59. The molecule has 7 heteroatoms. The molecular weight excluding hydrogens is 250 g/mol. The first-order valence-corrected chi connectivity index (χ1v) is 7.61. The summed E-state index contributed by atoms with van der Waals surface area (Å²) >= 11 is 0. The van der Waals surface area contributed by atoms with Crippen molar-refractivity contribution in [3.63, 3.8) is 0 Å². The molecule has 1 aromatic heterocycles. The van der Waals surface area contributed by atoms with Crippen LogP contribution < -0.4 is 16.6 Å². The van der Waals surface area contributed by atoms with Crippen LogP contribution in [0.25, 0.3) is 0 Å². The molecule has 6 nitrogen and oxygen atoms in total. The first-order chi connectivity index (χ1) is 8.69. The summed E-state index contributed by atoms with van der Waals surface area (Å²) in [7, 11) is -0.763. The van der Waals surface area contributed by atoms with Gasteiger partial charge in [-0.3, -0.25) is 4.21 Å². The van der Waals surface area contributed by atoms with E-state index in [0.29, 0.717) is 23.9 Å². The lowest BCUT2D eigenvalue weighted by molar-refractivity contribution is 0.684. The minimum Gasteiger partial charge on any atom is -0.369 e. The van der Waals surface area contributed by atoms with Gasteiger partial charge in [0.1, 0.15) is 17.5 Å². The number of aryl methyl sites for hydroxylation is 1. The number of hydrogen-bond donors (Lipinski definition) is 3. The molecule has 102 valence electrons. The fraction of sp³-hybridized carbons (Fsp3) is 0.636. The normalized spacial score (nSPS) is 12.2. The molecule has 18 heavy (non-hydrogen) atoms. The fourth-order valence-corrected chi connectivity index (χ4v) is 2.05. The maximum Gasteiger partial charge on any atom is 0.145 e. The molecular formula is C11H21N5OS. The lowest BCUT2D eigenvalue weighted by atomic mass is 10.3. The van der Waals surface area contributed by atoms with Crippen molar-refractivity contribution in [2.75, 3.05) is 28.8 Å². The smallest absolute Gasteiger partial charge is 0.145 e. The van der Waals surface area contributed by atoms with Crippen LogP contribution in [0.5, 0.6) is 0 Å². The third-order valence-electron chi connectivity index (χ3n) is 2.35. The second kappa shape index (κ2) is 7.99. The molecule has 4 N–H and O–H groups in total. The molecule has 0 saturated carbocycles. The highest BCUT2D eigenvalue weighted by atomic mass is 32.2. The third-order valence-corrected chi connectivity index (χ3v) is 3.66. The van der Waals surface area contributed by atoms with Crippen molar-refractivity contribution in [1.82, 2.24) is 9.97 Å². The average molecular weight is 271 g/mol. The van der Waals surface area contributed by atoms with E-state index in [1.807, 2.05) is 6.92 Å². The number of hydrazine groups is 1. The van der Waals surface area contributed by atoms with Gasteiger partial charge in [-0.25, -0.2) is 15.8 Å². The fourth-order valence-electron chi connectivity index (χ4n) is 1.43. The van der Waals surface area contributed by atoms with Crippen molar-refractivity contribution in [2.24, 2.45) is 5.84 Å². The Labute approximate surface area is 110 Å². The summed E-state index contributed by atoms with van der Waals surface area (Å²) in [4.78, 5) is 8.63. The van der Waals surface area contributed by atoms with Gasteiger partial charge in [0.15, 0.2) is 0 Å². The maximum atomic E-state index is 11.3. The van der Waals surface area contributed by atoms with Crippen molar-refractivity contribution >= 4 is 22.4 Å². The quantitative estimate of drug-likeness (QED) is 0.480. The number of nitrogens with two attached hydrogens (primary N) is 1. The lowest BCUT2D eigenvalue weighted by Gasteiger charge is -2.09. The molecule has 0 aliphatic heterocycles. The van der Waals surface area contributed by atoms with Gasteiger partial charge in [-0.15, -0.1) is 0 Å². The zero-order chi connectivity index (χ0) is 13.4. The third kappa shape index (κ3) is 4.97. The molecule has 0 radical (unpaired) electrons. The Bertz CT molecular complexity index is 399. The second-order valence-corrected chi connectivity index (χ2v) is 5.67. The Balaban J connectivity index is 2.63.